The zero-order valence-corrected chi connectivity index (χ0v) is 15.3. The first-order chi connectivity index (χ1) is 13.1. The van der Waals surface area contributed by atoms with E-state index in [9.17, 15) is 14.0 Å². The Kier molecular flexibility index (Phi) is 4.73. The summed E-state index contributed by atoms with van der Waals surface area (Å²) in [5.41, 5.74) is 1.17. The third-order valence-corrected chi connectivity index (χ3v) is 5.43. The maximum Gasteiger partial charge on any atom is 0.290 e. The fourth-order valence-electron chi connectivity index (χ4n) is 2.39. The van der Waals surface area contributed by atoms with E-state index in [1.165, 1.54) is 40.1 Å². The molecule has 27 heavy (non-hydrogen) atoms. The fourth-order valence-corrected chi connectivity index (χ4v) is 3.78. The number of hydrogen-bond donors (Lipinski definition) is 2. The molecule has 4 rings (SSSR count). The van der Waals surface area contributed by atoms with Crippen LogP contribution in [0.5, 0.6) is 0 Å². The van der Waals surface area contributed by atoms with Gasteiger partial charge < -0.3 is 5.32 Å². The number of nitrogens with one attached hydrogen (secondary N) is 2. The quantitative estimate of drug-likeness (QED) is 0.502. The molecule has 3 heterocycles. The molecule has 0 aliphatic rings. The van der Waals surface area contributed by atoms with Crippen LogP contribution in [0.2, 0.25) is 0 Å². The highest BCUT2D eigenvalue weighted by atomic mass is 32.2. The van der Waals surface area contributed by atoms with Crippen molar-refractivity contribution in [2.45, 2.75) is 5.16 Å². The van der Waals surface area contributed by atoms with Gasteiger partial charge in [0, 0.05) is 5.69 Å². The van der Waals surface area contributed by atoms with Gasteiger partial charge in [0.15, 0.2) is 0 Å². The number of nitrogens with zero attached hydrogens (tertiary/aromatic N) is 3. The van der Waals surface area contributed by atoms with Gasteiger partial charge in [-0.15, -0.1) is 16.4 Å². The Hall–Kier alpha value is -2.98. The lowest BCUT2D eigenvalue weighted by atomic mass is 10.3. The van der Waals surface area contributed by atoms with Crippen LogP contribution in [0, 0.1) is 5.82 Å². The number of thioether (sulfide) groups is 1. The van der Waals surface area contributed by atoms with E-state index in [0.717, 1.165) is 16.6 Å². The maximum absolute atomic E-state index is 12.9. The van der Waals surface area contributed by atoms with Crippen molar-refractivity contribution in [2.24, 2.45) is 0 Å². The van der Waals surface area contributed by atoms with E-state index in [0.29, 0.717) is 22.1 Å². The highest BCUT2D eigenvalue weighted by molar-refractivity contribution is 7.99. The SMILES string of the molecule is O=C(CSc1n[nH]c(=O)c2cc(-c3cccs3)nn12)Nc1ccc(F)cc1. The highest BCUT2D eigenvalue weighted by Crippen LogP contribution is 2.25. The maximum atomic E-state index is 12.9. The van der Waals surface area contributed by atoms with Crippen molar-refractivity contribution >= 4 is 40.2 Å². The van der Waals surface area contributed by atoms with Crippen LogP contribution < -0.4 is 10.9 Å². The summed E-state index contributed by atoms with van der Waals surface area (Å²) in [6.07, 6.45) is 0. The van der Waals surface area contributed by atoms with E-state index in [2.05, 4.69) is 20.6 Å². The summed E-state index contributed by atoms with van der Waals surface area (Å²) < 4.78 is 14.3. The minimum absolute atomic E-state index is 0.0553. The van der Waals surface area contributed by atoms with Gasteiger partial charge in [0.05, 0.1) is 10.6 Å². The second-order valence-corrected chi connectivity index (χ2v) is 7.37. The lowest BCUT2D eigenvalue weighted by Crippen LogP contribution is -2.17. The van der Waals surface area contributed by atoms with E-state index < -0.39 is 0 Å². The predicted octanol–water partition coefficient (Wildman–Crippen LogP) is 3.02. The second-order valence-electron chi connectivity index (χ2n) is 5.48. The Morgan fingerprint density at radius 1 is 1.30 bits per heavy atom. The van der Waals surface area contributed by atoms with Gasteiger partial charge in [0.2, 0.25) is 11.1 Å². The molecule has 1 amide bonds. The van der Waals surface area contributed by atoms with Crippen LogP contribution >= 0.6 is 23.1 Å². The number of halogens is 1. The van der Waals surface area contributed by atoms with Crippen LogP contribution in [-0.4, -0.2) is 31.5 Å². The number of hydrogen-bond acceptors (Lipinski definition) is 6. The summed E-state index contributed by atoms with van der Waals surface area (Å²) >= 11 is 2.65. The first-order valence-corrected chi connectivity index (χ1v) is 9.67. The number of aromatic nitrogens is 4. The number of thiophene rings is 1. The lowest BCUT2D eigenvalue weighted by molar-refractivity contribution is -0.113. The molecular formula is C17H12FN5O2S2. The van der Waals surface area contributed by atoms with Gasteiger partial charge in [-0.3, -0.25) is 9.59 Å². The average molecular weight is 401 g/mol. The fraction of sp³-hybridized carbons (Fsp3) is 0.0588. The molecule has 7 nitrogen and oxygen atoms in total. The number of anilines is 1. The molecule has 1 aromatic carbocycles. The minimum Gasteiger partial charge on any atom is -0.325 e. The van der Waals surface area contributed by atoms with Crippen molar-refractivity contribution in [1.82, 2.24) is 19.8 Å². The molecular weight excluding hydrogens is 389 g/mol. The molecule has 0 aliphatic heterocycles. The van der Waals surface area contributed by atoms with Crippen molar-refractivity contribution in [3.05, 3.63) is 64.0 Å². The van der Waals surface area contributed by atoms with E-state index in [1.54, 1.807) is 6.07 Å². The summed E-state index contributed by atoms with van der Waals surface area (Å²) in [5, 5.41) is 15.8. The third-order valence-electron chi connectivity index (χ3n) is 3.61. The molecule has 10 heteroatoms. The van der Waals surface area contributed by atoms with E-state index in [-0.39, 0.29) is 23.0 Å². The Bertz CT molecular complexity index is 1150. The van der Waals surface area contributed by atoms with Crippen LogP contribution in [0.3, 0.4) is 0 Å². The van der Waals surface area contributed by atoms with Crippen molar-refractivity contribution in [2.75, 3.05) is 11.1 Å². The second kappa shape index (κ2) is 7.33. The third kappa shape index (κ3) is 3.76. The zero-order valence-electron chi connectivity index (χ0n) is 13.7. The van der Waals surface area contributed by atoms with Crippen molar-refractivity contribution in [1.29, 1.82) is 0 Å². The van der Waals surface area contributed by atoms with E-state index in [1.807, 2.05) is 17.5 Å². The van der Waals surface area contributed by atoms with Gasteiger partial charge in [-0.1, -0.05) is 17.8 Å². The molecule has 0 saturated heterocycles. The number of fused-ring (bicyclic) bond motifs is 1. The molecule has 0 fully saturated rings. The van der Waals surface area contributed by atoms with Crippen molar-refractivity contribution < 1.29 is 9.18 Å². The number of rotatable bonds is 5. The zero-order chi connectivity index (χ0) is 18.8. The molecule has 0 atom stereocenters. The first kappa shape index (κ1) is 17.4. The van der Waals surface area contributed by atoms with Crippen LogP contribution in [0.1, 0.15) is 0 Å². The number of carbonyl (C=O) groups excluding carboxylic acids is 1. The molecule has 3 aromatic heterocycles. The summed E-state index contributed by atoms with van der Waals surface area (Å²) in [7, 11) is 0. The molecule has 2 N–H and O–H groups in total. The Morgan fingerprint density at radius 2 is 2.11 bits per heavy atom. The van der Waals surface area contributed by atoms with Gasteiger partial charge in [-0.25, -0.2) is 14.0 Å². The highest BCUT2D eigenvalue weighted by Gasteiger charge is 2.14. The van der Waals surface area contributed by atoms with Gasteiger partial charge in [-0.2, -0.15) is 5.10 Å². The van der Waals surface area contributed by atoms with Gasteiger partial charge in [0.25, 0.3) is 5.56 Å². The Labute approximate surface area is 160 Å². The number of benzene rings is 1. The predicted molar refractivity (Wildman–Crippen MR) is 103 cm³/mol. The summed E-state index contributed by atoms with van der Waals surface area (Å²) in [5.74, 6) is -0.597. The molecule has 0 bridgehead atoms. The summed E-state index contributed by atoms with van der Waals surface area (Å²) in [6.45, 7) is 0. The number of carbonyl (C=O) groups is 1. The van der Waals surface area contributed by atoms with Crippen LogP contribution in [0.15, 0.2) is 57.8 Å². The number of aromatic amines is 1. The smallest absolute Gasteiger partial charge is 0.290 e. The molecule has 0 spiro atoms. The monoisotopic (exact) mass is 401 g/mol. The number of amides is 1. The number of H-pyrrole nitrogens is 1. The largest absolute Gasteiger partial charge is 0.325 e. The van der Waals surface area contributed by atoms with E-state index in [4.69, 9.17) is 0 Å². The van der Waals surface area contributed by atoms with Crippen LogP contribution in [0.4, 0.5) is 10.1 Å². The van der Waals surface area contributed by atoms with Crippen molar-refractivity contribution in [3.63, 3.8) is 0 Å². The summed E-state index contributed by atoms with van der Waals surface area (Å²) in [4.78, 5) is 25.1. The first-order valence-electron chi connectivity index (χ1n) is 7.81. The molecule has 0 aliphatic carbocycles. The molecule has 0 unspecified atom stereocenters. The molecule has 4 aromatic rings. The molecule has 136 valence electrons. The van der Waals surface area contributed by atoms with Crippen LogP contribution in [0.25, 0.3) is 16.1 Å². The lowest BCUT2D eigenvalue weighted by Gasteiger charge is -2.05. The summed E-state index contributed by atoms with van der Waals surface area (Å²) in [6, 6.07) is 11.0. The van der Waals surface area contributed by atoms with Gasteiger partial charge in [0.1, 0.15) is 17.0 Å². The van der Waals surface area contributed by atoms with Gasteiger partial charge in [-0.05, 0) is 41.8 Å². The van der Waals surface area contributed by atoms with E-state index >= 15 is 0 Å². The standard InChI is InChI=1S/C17H12FN5O2S2/c18-10-3-5-11(6-4-10)19-15(24)9-27-17-21-20-16(25)13-8-12(22-23(13)17)14-2-1-7-26-14/h1-8H,9H2,(H,19,24)(H,20,25). The normalized spacial score (nSPS) is 11.0. The Balaban J connectivity index is 1.53. The van der Waals surface area contributed by atoms with Gasteiger partial charge >= 0.3 is 0 Å². The van der Waals surface area contributed by atoms with Crippen molar-refractivity contribution in [3.8, 4) is 10.6 Å². The molecule has 0 radical (unpaired) electrons. The average Bonchev–Trinajstić information content (AvgIpc) is 3.33. The Morgan fingerprint density at radius 3 is 2.85 bits per heavy atom. The topological polar surface area (TPSA) is 92.2 Å². The van der Waals surface area contributed by atoms with Crippen LogP contribution in [-0.2, 0) is 4.79 Å². The molecule has 0 saturated carbocycles. The minimum atomic E-state index is -0.373.